The van der Waals surface area contributed by atoms with Crippen molar-refractivity contribution in [3.05, 3.63) is 41.7 Å². The van der Waals surface area contributed by atoms with Gasteiger partial charge in [-0.15, -0.1) is 0 Å². The Bertz CT molecular complexity index is 621. The maximum Gasteiger partial charge on any atom is 0.259 e. The number of aromatic nitrogens is 1. The zero-order valence-electron chi connectivity index (χ0n) is 12.2. The molecule has 4 atom stereocenters. The lowest BCUT2D eigenvalue weighted by Gasteiger charge is -2.32. The van der Waals surface area contributed by atoms with E-state index in [0.29, 0.717) is 12.0 Å². The SMILES string of the molecule is N#C/C(=C\C1CCC2NNC(c3cccnc3)C2C1)C(N)=O. The minimum Gasteiger partial charge on any atom is -0.365 e. The number of pyridine rings is 1. The lowest BCUT2D eigenvalue weighted by atomic mass is 9.74. The summed E-state index contributed by atoms with van der Waals surface area (Å²) in [4.78, 5) is 15.4. The molecule has 6 heteroatoms. The highest BCUT2D eigenvalue weighted by Crippen LogP contribution is 2.40. The second-order valence-corrected chi connectivity index (χ2v) is 5.95. The van der Waals surface area contributed by atoms with E-state index in [0.717, 1.165) is 24.8 Å². The lowest BCUT2D eigenvalue weighted by molar-refractivity contribution is -0.114. The van der Waals surface area contributed by atoms with Crippen LogP contribution in [0.4, 0.5) is 0 Å². The van der Waals surface area contributed by atoms with Gasteiger partial charge in [0.1, 0.15) is 11.6 Å². The van der Waals surface area contributed by atoms with E-state index in [9.17, 15) is 4.79 Å². The Balaban J connectivity index is 1.77. The number of carbonyl (C=O) groups is 1. The molecule has 1 saturated heterocycles. The van der Waals surface area contributed by atoms with Gasteiger partial charge in [-0.05, 0) is 42.7 Å². The molecule has 2 fully saturated rings. The van der Waals surface area contributed by atoms with Crippen LogP contribution < -0.4 is 16.6 Å². The zero-order valence-corrected chi connectivity index (χ0v) is 12.2. The molecule has 0 aromatic carbocycles. The van der Waals surface area contributed by atoms with E-state index in [4.69, 9.17) is 11.0 Å². The van der Waals surface area contributed by atoms with Crippen molar-refractivity contribution in [2.45, 2.75) is 31.3 Å². The number of nitriles is 1. The van der Waals surface area contributed by atoms with E-state index in [-0.39, 0.29) is 17.5 Å². The van der Waals surface area contributed by atoms with Gasteiger partial charge < -0.3 is 5.73 Å². The van der Waals surface area contributed by atoms with Crippen molar-refractivity contribution in [2.75, 3.05) is 0 Å². The first-order chi connectivity index (χ1) is 10.7. The number of primary amides is 1. The number of hydrazine groups is 1. The summed E-state index contributed by atoms with van der Waals surface area (Å²) in [7, 11) is 0. The van der Waals surface area contributed by atoms with Crippen LogP contribution in [0.15, 0.2) is 36.2 Å². The van der Waals surface area contributed by atoms with E-state index in [1.807, 2.05) is 18.3 Å². The Labute approximate surface area is 129 Å². The Hall–Kier alpha value is -2.23. The molecule has 1 aliphatic carbocycles. The first-order valence-corrected chi connectivity index (χ1v) is 7.51. The minimum absolute atomic E-state index is 0.0697. The first-order valence-electron chi connectivity index (χ1n) is 7.51. The molecule has 3 rings (SSSR count). The second kappa shape index (κ2) is 6.26. The van der Waals surface area contributed by atoms with Gasteiger partial charge in [0.25, 0.3) is 5.91 Å². The average Bonchev–Trinajstić information content (AvgIpc) is 2.96. The summed E-state index contributed by atoms with van der Waals surface area (Å²) in [6, 6.07) is 6.51. The molecular weight excluding hydrogens is 278 g/mol. The fraction of sp³-hybridized carbons (Fsp3) is 0.438. The molecule has 114 valence electrons. The van der Waals surface area contributed by atoms with Crippen molar-refractivity contribution in [3.63, 3.8) is 0 Å². The highest BCUT2D eigenvalue weighted by Gasteiger charge is 2.40. The molecule has 1 saturated carbocycles. The van der Waals surface area contributed by atoms with Gasteiger partial charge >= 0.3 is 0 Å². The van der Waals surface area contributed by atoms with Crippen molar-refractivity contribution >= 4 is 5.91 Å². The predicted octanol–water partition coefficient (Wildman–Crippen LogP) is 0.951. The standard InChI is InChI=1S/C16H19N5O/c17-8-12(16(18)22)6-10-3-4-14-13(7-10)15(21-20-14)11-2-1-5-19-9-11/h1-2,5-6,9-10,13-15,20-21H,3-4,7H2,(H2,18,22)/b12-6+. The summed E-state index contributed by atoms with van der Waals surface area (Å²) in [6.07, 6.45) is 8.27. The first kappa shape index (κ1) is 14.7. The maximum absolute atomic E-state index is 11.2. The number of amides is 1. The van der Waals surface area contributed by atoms with Crippen LogP contribution in [0.2, 0.25) is 0 Å². The van der Waals surface area contributed by atoms with Gasteiger partial charge in [-0.3, -0.25) is 15.2 Å². The summed E-state index contributed by atoms with van der Waals surface area (Å²) in [5.74, 6) is -0.0209. The van der Waals surface area contributed by atoms with Crippen LogP contribution in [-0.2, 0) is 4.79 Å². The smallest absolute Gasteiger partial charge is 0.259 e. The minimum atomic E-state index is -0.642. The number of nitrogens with zero attached hydrogens (tertiary/aromatic N) is 2. The number of rotatable bonds is 3. The van der Waals surface area contributed by atoms with Gasteiger partial charge in [0.05, 0.1) is 6.04 Å². The third-order valence-corrected chi connectivity index (χ3v) is 4.62. The monoisotopic (exact) mass is 297 g/mol. The van der Waals surface area contributed by atoms with Gasteiger partial charge in [-0.2, -0.15) is 5.26 Å². The van der Waals surface area contributed by atoms with Crippen LogP contribution in [-0.4, -0.2) is 16.9 Å². The molecule has 4 unspecified atom stereocenters. The molecule has 0 spiro atoms. The van der Waals surface area contributed by atoms with Gasteiger partial charge in [0.2, 0.25) is 0 Å². The fourth-order valence-electron chi connectivity index (χ4n) is 3.54. The molecule has 22 heavy (non-hydrogen) atoms. The van der Waals surface area contributed by atoms with E-state index in [2.05, 4.69) is 21.9 Å². The van der Waals surface area contributed by atoms with E-state index in [1.54, 1.807) is 12.3 Å². The zero-order chi connectivity index (χ0) is 15.5. The van der Waals surface area contributed by atoms with Gasteiger partial charge in [-0.1, -0.05) is 12.1 Å². The third-order valence-electron chi connectivity index (χ3n) is 4.62. The number of allylic oxidation sites excluding steroid dienone is 1. The lowest BCUT2D eigenvalue weighted by Crippen LogP contribution is -2.35. The summed E-state index contributed by atoms with van der Waals surface area (Å²) in [6.45, 7) is 0. The van der Waals surface area contributed by atoms with Crippen molar-refractivity contribution in [1.82, 2.24) is 15.8 Å². The molecular formula is C16H19N5O. The van der Waals surface area contributed by atoms with Crippen molar-refractivity contribution in [3.8, 4) is 6.07 Å². The van der Waals surface area contributed by atoms with E-state index in [1.165, 1.54) is 0 Å². The molecule has 1 aliphatic heterocycles. The maximum atomic E-state index is 11.2. The molecule has 1 aromatic rings. The molecule has 1 amide bonds. The van der Waals surface area contributed by atoms with Crippen LogP contribution in [0.1, 0.15) is 30.9 Å². The Kier molecular flexibility index (Phi) is 4.18. The highest BCUT2D eigenvalue weighted by atomic mass is 16.1. The van der Waals surface area contributed by atoms with Gasteiger partial charge in [-0.25, -0.2) is 5.43 Å². The molecule has 2 heterocycles. The van der Waals surface area contributed by atoms with Crippen molar-refractivity contribution < 1.29 is 4.79 Å². The number of hydrogen-bond donors (Lipinski definition) is 3. The largest absolute Gasteiger partial charge is 0.365 e. The Morgan fingerprint density at radius 1 is 1.45 bits per heavy atom. The number of carbonyl (C=O) groups excluding carboxylic acids is 1. The van der Waals surface area contributed by atoms with Crippen molar-refractivity contribution in [2.24, 2.45) is 17.6 Å². The number of nitrogens with one attached hydrogen (secondary N) is 2. The van der Waals surface area contributed by atoms with E-state index < -0.39 is 5.91 Å². The quantitative estimate of drug-likeness (QED) is 0.569. The molecule has 1 aromatic heterocycles. The molecule has 0 radical (unpaired) electrons. The number of hydrogen-bond acceptors (Lipinski definition) is 5. The molecule has 6 nitrogen and oxygen atoms in total. The topological polar surface area (TPSA) is 104 Å². The van der Waals surface area contributed by atoms with Crippen LogP contribution in [0.3, 0.4) is 0 Å². The fourth-order valence-corrected chi connectivity index (χ4v) is 3.54. The summed E-state index contributed by atoms with van der Waals surface area (Å²) >= 11 is 0. The van der Waals surface area contributed by atoms with Crippen molar-refractivity contribution in [1.29, 1.82) is 5.26 Å². The average molecular weight is 297 g/mol. The highest BCUT2D eigenvalue weighted by molar-refractivity contribution is 5.95. The van der Waals surface area contributed by atoms with Crippen LogP contribution in [0, 0.1) is 23.2 Å². The van der Waals surface area contributed by atoms with Gasteiger partial charge in [0.15, 0.2) is 0 Å². The summed E-state index contributed by atoms with van der Waals surface area (Å²) in [5.41, 5.74) is 13.2. The van der Waals surface area contributed by atoms with Crippen LogP contribution in [0.5, 0.6) is 0 Å². The van der Waals surface area contributed by atoms with E-state index >= 15 is 0 Å². The molecule has 4 N–H and O–H groups in total. The normalized spacial score (nSPS) is 31.3. The summed E-state index contributed by atoms with van der Waals surface area (Å²) in [5, 5.41) is 8.99. The number of nitrogens with two attached hydrogens (primary N) is 1. The number of fused-ring (bicyclic) bond motifs is 1. The molecule has 0 bridgehead atoms. The predicted molar refractivity (Wildman–Crippen MR) is 80.8 cm³/mol. The van der Waals surface area contributed by atoms with Crippen LogP contribution in [0.25, 0.3) is 0 Å². The Morgan fingerprint density at radius 3 is 3.00 bits per heavy atom. The Morgan fingerprint density at radius 2 is 2.32 bits per heavy atom. The van der Waals surface area contributed by atoms with Crippen LogP contribution >= 0.6 is 0 Å². The third kappa shape index (κ3) is 2.86. The molecule has 2 aliphatic rings. The second-order valence-electron chi connectivity index (χ2n) is 5.95. The summed E-state index contributed by atoms with van der Waals surface area (Å²) < 4.78 is 0. The van der Waals surface area contributed by atoms with Gasteiger partial charge in [0, 0.05) is 18.4 Å².